The molecule has 1 atom stereocenters. The van der Waals surface area contributed by atoms with Gasteiger partial charge in [-0.2, -0.15) is 0 Å². The van der Waals surface area contributed by atoms with Gasteiger partial charge in [-0.3, -0.25) is 0 Å². The van der Waals surface area contributed by atoms with Crippen LogP contribution in [0.3, 0.4) is 0 Å². The van der Waals surface area contributed by atoms with Gasteiger partial charge in [0.25, 0.3) is 0 Å². The molecule has 0 aromatic rings. The Labute approximate surface area is 91.9 Å². The molecule has 0 bridgehead atoms. The van der Waals surface area contributed by atoms with Crippen molar-refractivity contribution >= 4 is 5.84 Å². The van der Waals surface area contributed by atoms with E-state index in [-0.39, 0.29) is 11.9 Å². The van der Waals surface area contributed by atoms with E-state index in [1.807, 2.05) is 6.92 Å². The second-order valence-electron chi connectivity index (χ2n) is 4.49. The van der Waals surface area contributed by atoms with Gasteiger partial charge in [0.15, 0.2) is 5.84 Å². The largest absolute Gasteiger partial charge is 0.409 e. The van der Waals surface area contributed by atoms with Gasteiger partial charge in [0.05, 0.1) is 6.04 Å². The molecule has 15 heavy (non-hydrogen) atoms. The maximum Gasteiger partial charge on any atom is 0.156 e. The molecular formula is C11H23N3O. The molecule has 4 nitrogen and oxygen atoms in total. The minimum atomic E-state index is -0.0291. The SMILES string of the molecule is CC(NCCC1CCCCC1)C(N)=NO. The van der Waals surface area contributed by atoms with Crippen LogP contribution in [0.1, 0.15) is 45.4 Å². The summed E-state index contributed by atoms with van der Waals surface area (Å²) in [6.45, 7) is 2.87. The van der Waals surface area contributed by atoms with E-state index < -0.39 is 0 Å². The fraction of sp³-hybridized carbons (Fsp3) is 0.909. The van der Waals surface area contributed by atoms with E-state index in [2.05, 4.69) is 10.5 Å². The molecule has 88 valence electrons. The number of nitrogens with two attached hydrogens (primary N) is 1. The van der Waals surface area contributed by atoms with Crippen molar-refractivity contribution in [2.75, 3.05) is 6.54 Å². The summed E-state index contributed by atoms with van der Waals surface area (Å²) in [7, 11) is 0. The van der Waals surface area contributed by atoms with Crippen molar-refractivity contribution in [1.82, 2.24) is 5.32 Å². The van der Waals surface area contributed by atoms with Crippen molar-refractivity contribution < 1.29 is 5.21 Å². The Kier molecular flexibility index (Phi) is 5.47. The molecule has 0 saturated heterocycles. The van der Waals surface area contributed by atoms with E-state index in [0.29, 0.717) is 0 Å². The monoisotopic (exact) mass is 213 g/mol. The second kappa shape index (κ2) is 6.67. The molecule has 1 rings (SSSR count). The molecule has 1 aliphatic rings. The Morgan fingerprint density at radius 3 is 2.73 bits per heavy atom. The molecule has 0 aromatic carbocycles. The van der Waals surface area contributed by atoms with Crippen LogP contribution in [0.4, 0.5) is 0 Å². The lowest BCUT2D eigenvalue weighted by Crippen LogP contribution is -2.39. The van der Waals surface area contributed by atoms with Crippen LogP contribution in [0.2, 0.25) is 0 Å². The summed E-state index contributed by atoms with van der Waals surface area (Å²) in [5.41, 5.74) is 5.47. The van der Waals surface area contributed by atoms with Crippen LogP contribution in [0.25, 0.3) is 0 Å². The summed E-state index contributed by atoms with van der Waals surface area (Å²) in [5, 5.41) is 14.7. The fourth-order valence-corrected chi connectivity index (χ4v) is 2.17. The van der Waals surface area contributed by atoms with E-state index in [4.69, 9.17) is 10.9 Å². The van der Waals surface area contributed by atoms with Crippen molar-refractivity contribution in [1.29, 1.82) is 0 Å². The third-order valence-electron chi connectivity index (χ3n) is 3.29. The minimum absolute atomic E-state index is 0.0291. The molecule has 0 amide bonds. The van der Waals surface area contributed by atoms with Gasteiger partial charge in [0.2, 0.25) is 0 Å². The lowest BCUT2D eigenvalue weighted by molar-refractivity contribution is 0.313. The van der Waals surface area contributed by atoms with Crippen molar-refractivity contribution in [3.8, 4) is 0 Å². The Hall–Kier alpha value is -0.770. The summed E-state index contributed by atoms with van der Waals surface area (Å²) in [6, 6.07) is -0.0291. The number of hydrogen-bond donors (Lipinski definition) is 3. The molecular weight excluding hydrogens is 190 g/mol. The highest BCUT2D eigenvalue weighted by atomic mass is 16.4. The second-order valence-corrected chi connectivity index (χ2v) is 4.49. The van der Waals surface area contributed by atoms with Gasteiger partial charge in [-0.25, -0.2) is 0 Å². The van der Waals surface area contributed by atoms with Crippen LogP contribution in [0.5, 0.6) is 0 Å². The first-order valence-corrected chi connectivity index (χ1v) is 5.95. The van der Waals surface area contributed by atoms with Gasteiger partial charge in [-0.15, -0.1) is 0 Å². The summed E-state index contributed by atoms with van der Waals surface area (Å²) >= 11 is 0. The molecule has 1 unspecified atom stereocenters. The van der Waals surface area contributed by atoms with E-state index in [1.165, 1.54) is 38.5 Å². The summed E-state index contributed by atoms with van der Waals surface area (Å²) < 4.78 is 0. The lowest BCUT2D eigenvalue weighted by Gasteiger charge is -2.22. The normalized spacial score (nSPS) is 21.5. The molecule has 1 saturated carbocycles. The van der Waals surface area contributed by atoms with Crippen molar-refractivity contribution in [3.05, 3.63) is 0 Å². The zero-order chi connectivity index (χ0) is 11.1. The smallest absolute Gasteiger partial charge is 0.156 e. The Bertz CT molecular complexity index is 200. The predicted molar refractivity (Wildman–Crippen MR) is 62.1 cm³/mol. The van der Waals surface area contributed by atoms with Gasteiger partial charge in [-0.05, 0) is 25.8 Å². The number of rotatable bonds is 5. The van der Waals surface area contributed by atoms with Crippen molar-refractivity contribution in [2.24, 2.45) is 16.8 Å². The predicted octanol–water partition coefficient (Wildman–Crippen LogP) is 1.68. The first-order valence-electron chi connectivity index (χ1n) is 5.95. The maximum atomic E-state index is 8.48. The number of nitrogens with zero attached hydrogens (tertiary/aromatic N) is 1. The minimum Gasteiger partial charge on any atom is -0.409 e. The van der Waals surface area contributed by atoms with Gasteiger partial charge < -0.3 is 16.3 Å². The summed E-state index contributed by atoms with van der Waals surface area (Å²) in [4.78, 5) is 0. The highest BCUT2D eigenvalue weighted by Gasteiger charge is 2.13. The molecule has 1 aliphatic carbocycles. The molecule has 0 aliphatic heterocycles. The van der Waals surface area contributed by atoms with E-state index in [0.717, 1.165) is 12.5 Å². The zero-order valence-corrected chi connectivity index (χ0v) is 9.58. The highest BCUT2D eigenvalue weighted by molar-refractivity contribution is 5.84. The lowest BCUT2D eigenvalue weighted by atomic mass is 9.87. The van der Waals surface area contributed by atoms with Gasteiger partial charge in [-0.1, -0.05) is 37.3 Å². The molecule has 4 heteroatoms. The third kappa shape index (κ3) is 4.51. The topological polar surface area (TPSA) is 70.6 Å². The standard InChI is InChI=1S/C11H23N3O/c1-9(11(12)14-15)13-8-7-10-5-3-2-4-6-10/h9-10,13,15H,2-8H2,1H3,(H2,12,14). The van der Waals surface area contributed by atoms with Crippen LogP contribution in [0, 0.1) is 5.92 Å². The Morgan fingerprint density at radius 2 is 2.13 bits per heavy atom. The van der Waals surface area contributed by atoms with Gasteiger partial charge >= 0.3 is 0 Å². The fourth-order valence-electron chi connectivity index (χ4n) is 2.17. The molecule has 0 spiro atoms. The third-order valence-corrected chi connectivity index (χ3v) is 3.29. The first-order chi connectivity index (χ1) is 7.24. The van der Waals surface area contributed by atoms with E-state index in [9.17, 15) is 0 Å². The first kappa shape index (κ1) is 12.3. The highest BCUT2D eigenvalue weighted by Crippen LogP contribution is 2.25. The van der Waals surface area contributed by atoms with Crippen LogP contribution in [-0.4, -0.2) is 23.6 Å². The zero-order valence-electron chi connectivity index (χ0n) is 9.58. The van der Waals surface area contributed by atoms with Gasteiger partial charge in [0.1, 0.15) is 0 Å². The Balaban J connectivity index is 2.09. The molecule has 1 fully saturated rings. The molecule has 0 radical (unpaired) electrons. The van der Waals surface area contributed by atoms with E-state index in [1.54, 1.807) is 0 Å². The van der Waals surface area contributed by atoms with E-state index >= 15 is 0 Å². The molecule has 4 N–H and O–H groups in total. The average Bonchev–Trinajstić information content (AvgIpc) is 2.29. The Morgan fingerprint density at radius 1 is 1.47 bits per heavy atom. The molecule has 0 heterocycles. The number of oxime groups is 1. The quantitative estimate of drug-likeness (QED) is 0.282. The number of nitrogens with one attached hydrogen (secondary N) is 1. The maximum absolute atomic E-state index is 8.48. The van der Waals surface area contributed by atoms with Crippen LogP contribution >= 0.6 is 0 Å². The van der Waals surface area contributed by atoms with Crippen LogP contribution in [0.15, 0.2) is 5.16 Å². The summed E-state index contributed by atoms with van der Waals surface area (Å²) in [5.74, 6) is 1.14. The number of amidine groups is 1. The summed E-state index contributed by atoms with van der Waals surface area (Å²) in [6.07, 6.45) is 8.15. The van der Waals surface area contributed by atoms with Crippen molar-refractivity contribution in [3.63, 3.8) is 0 Å². The van der Waals surface area contributed by atoms with Crippen LogP contribution in [-0.2, 0) is 0 Å². The van der Waals surface area contributed by atoms with Crippen molar-refractivity contribution in [2.45, 2.75) is 51.5 Å². The van der Waals surface area contributed by atoms with Gasteiger partial charge in [0, 0.05) is 0 Å². The van der Waals surface area contributed by atoms with Crippen LogP contribution < -0.4 is 11.1 Å². The molecule has 0 aromatic heterocycles. The number of hydrogen-bond acceptors (Lipinski definition) is 3. The average molecular weight is 213 g/mol.